The van der Waals surface area contributed by atoms with Crippen LogP contribution in [-0.2, 0) is 6.42 Å². The Kier molecular flexibility index (Phi) is 4.29. The molecule has 0 N–H and O–H groups in total. The molecular weight excluding hydrogens is 318 g/mol. The van der Waals surface area contributed by atoms with Crippen LogP contribution in [0.2, 0.25) is 5.02 Å². The van der Waals surface area contributed by atoms with E-state index in [1.54, 1.807) is 12.1 Å². The Balaban J connectivity index is 2.45. The minimum Gasteiger partial charge on any atom is -0.467 e. The van der Waals surface area contributed by atoms with E-state index in [2.05, 4.69) is 31.8 Å². The van der Waals surface area contributed by atoms with Gasteiger partial charge >= 0.3 is 5.95 Å². The molecule has 0 amide bonds. The summed E-state index contributed by atoms with van der Waals surface area (Å²) in [6, 6.07) is 7.37. The van der Waals surface area contributed by atoms with Crippen molar-refractivity contribution >= 4 is 27.5 Å². The molecular formula is C13H9BrClNO2. The predicted octanol–water partition coefficient (Wildman–Crippen LogP) is 3.90. The molecule has 3 nitrogen and oxygen atoms in total. The van der Waals surface area contributed by atoms with E-state index in [-0.39, 0.29) is 0 Å². The summed E-state index contributed by atoms with van der Waals surface area (Å²) >= 11 is 8.92. The molecule has 0 fully saturated rings. The number of hydrogen-bond acceptors (Lipinski definition) is 3. The van der Waals surface area contributed by atoms with Gasteiger partial charge in [0.15, 0.2) is 0 Å². The number of halogens is 2. The SMILES string of the molecule is COc1onc(-c2ccc(Cl)cc2)c1CC#CBr. The lowest BCUT2D eigenvalue weighted by molar-refractivity contribution is 0.259. The standard InChI is InChI=1S/C13H9BrClNO2/c1-17-13-11(3-2-8-14)12(16-18-13)9-4-6-10(15)7-5-9/h4-7H,3H2,1H3. The van der Waals surface area contributed by atoms with Gasteiger partial charge in [0, 0.05) is 32.9 Å². The molecule has 0 saturated heterocycles. The van der Waals surface area contributed by atoms with Crippen molar-refractivity contribution in [2.24, 2.45) is 0 Å². The van der Waals surface area contributed by atoms with E-state index in [1.807, 2.05) is 12.1 Å². The van der Waals surface area contributed by atoms with Crippen LogP contribution in [0.4, 0.5) is 0 Å². The van der Waals surface area contributed by atoms with Crippen LogP contribution in [0.3, 0.4) is 0 Å². The molecule has 0 spiro atoms. The summed E-state index contributed by atoms with van der Waals surface area (Å²) in [4.78, 5) is 2.66. The number of hydrogen-bond donors (Lipinski definition) is 0. The second-order valence-corrected chi connectivity index (χ2v) is 4.29. The first-order valence-electron chi connectivity index (χ1n) is 5.13. The Hall–Kier alpha value is -1.44. The molecule has 1 aromatic heterocycles. The van der Waals surface area contributed by atoms with Crippen molar-refractivity contribution in [1.29, 1.82) is 0 Å². The highest BCUT2D eigenvalue weighted by atomic mass is 79.9. The molecule has 0 saturated carbocycles. The molecule has 1 aromatic carbocycles. The summed E-state index contributed by atoms with van der Waals surface area (Å²) in [5.41, 5.74) is 2.46. The van der Waals surface area contributed by atoms with Crippen LogP contribution < -0.4 is 4.74 Å². The fourth-order valence-corrected chi connectivity index (χ4v) is 1.83. The Morgan fingerprint density at radius 3 is 2.72 bits per heavy atom. The van der Waals surface area contributed by atoms with E-state index in [1.165, 1.54) is 7.11 Å². The zero-order valence-corrected chi connectivity index (χ0v) is 11.9. The summed E-state index contributed by atoms with van der Waals surface area (Å²) in [5.74, 6) is 3.29. The predicted molar refractivity (Wildman–Crippen MR) is 73.9 cm³/mol. The third kappa shape index (κ3) is 2.69. The first-order chi connectivity index (χ1) is 8.76. The van der Waals surface area contributed by atoms with Gasteiger partial charge in [-0.15, -0.1) is 0 Å². The van der Waals surface area contributed by atoms with Gasteiger partial charge in [0.25, 0.3) is 0 Å². The van der Waals surface area contributed by atoms with Crippen LogP contribution in [0.25, 0.3) is 11.3 Å². The molecule has 5 heteroatoms. The molecule has 0 atom stereocenters. The summed E-state index contributed by atoms with van der Waals surface area (Å²) in [5, 5.41) is 4.69. The summed E-state index contributed by atoms with van der Waals surface area (Å²) in [6.45, 7) is 0. The van der Waals surface area contributed by atoms with Crippen LogP contribution in [0.1, 0.15) is 5.56 Å². The third-order valence-electron chi connectivity index (χ3n) is 2.39. The second-order valence-electron chi connectivity index (χ2n) is 3.46. The van der Waals surface area contributed by atoms with Crippen molar-refractivity contribution in [3.63, 3.8) is 0 Å². The van der Waals surface area contributed by atoms with E-state index in [9.17, 15) is 0 Å². The van der Waals surface area contributed by atoms with Gasteiger partial charge in [0.05, 0.1) is 12.7 Å². The molecule has 2 aromatic rings. The normalized spacial score (nSPS) is 9.72. The Bertz CT molecular complexity index is 596. The van der Waals surface area contributed by atoms with Crippen LogP contribution in [-0.4, -0.2) is 12.3 Å². The van der Waals surface area contributed by atoms with Gasteiger partial charge < -0.3 is 9.26 Å². The highest BCUT2D eigenvalue weighted by Gasteiger charge is 2.17. The largest absolute Gasteiger partial charge is 0.467 e. The molecule has 18 heavy (non-hydrogen) atoms. The van der Waals surface area contributed by atoms with Crippen LogP contribution in [0.5, 0.6) is 5.95 Å². The number of aromatic nitrogens is 1. The van der Waals surface area contributed by atoms with Gasteiger partial charge in [0.2, 0.25) is 0 Å². The Morgan fingerprint density at radius 2 is 2.11 bits per heavy atom. The molecule has 92 valence electrons. The maximum absolute atomic E-state index is 5.86. The van der Waals surface area contributed by atoms with Crippen LogP contribution in [0, 0.1) is 10.8 Å². The minimum absolute atomic E-state index is 0.384. The first kappa shape index (κ1) is 13.0. The summed E-state index contributed by atoms with van der Waals surface area (Å²) in [7, 11) is 1.54. The van der Waals surface area contributed by atoms with Gasteiger partial charge in [0.1, 0.15) is 5.69 Å². The van der Waals surface area contributed by atoms with Crippen LogP contribution in [0.15, 0.2) is 28.8 Å². The minimum atomic E-state index is 0.384. The topological polar surface area (TPSA) is 35.3 Å². The van der Waals surface area contributed by atoms with Gasteiger partial charge in [-0.1, -0.05) is 34.8 Å². The van der Waals surface area contributed by atoms with E-state index < -0.39 is 0 Å². The number of benzene rings is 1. The zero-order valence-electron chi connectivity index (χ0n) is 9.54. The van der Waals surface area contributed by atoms with E-state index in [4.69, 9.17) is 20.9 Å². The van der Waals surface area contributed by atoms with E-state index in [0.29, 0.717) is 17.4 Å². The van der Waals surface area contributed by atoms with E-state index in [0.717, 1.165) is 16.8 Å². The average Bonchev–Trinajstić information content (AvgIpc) is 2.80. The summed E-state index contributed by atoms with van der Waals surface area (Å²) < 4.78 is 10.3. The lowest BCUT2D eigenvalue weighted by atomic mass is 10.1. The van der Waals surface area contributed by atoms with Crippen molar-refractivity contribution in [3.8, 4) is 28.0 Å². The average molecular weight is 327 g/mol. The van der Waals surface area contributed by atoms with Crippen molar-refractivity contribution in [2.45, 2.75) is 6.42 Å². The fourth-order valence-electron chi connectivity index (χ4n) is 1.57. The fraction of sp³-hybridized carbons (Fsp3) is 0.154. The van der Waals surface area contributed by atoms with Gasteiger partial charge in [-0.25, -0.2) is 0 Å². The molecule has 0 aliphatic carbocycles. The number of methoxy groups -OCH3 is 1. The third-order valence-corrected chi connectivity index (χ3v) is 2.92. The van der Waals surface area contributed by atoms with Crippen LogP contribution >= 0.6 is 27.5 Å². The van der Waals surface area contributed by atoms with E-state index >= 15 is 0 Å². The maximum Gasteiger partial charge on any atom is 0.315 e. The molecule has 0 aliphatic rings. The number of ether oxygens (including phenoxy) is 1. The Labute approximate surface area is 118 Å². The monoisotopic (exact) mass is 325 g/mol. The molecule has 1 heterocycles. The lowest BCUT2D eigenvalue weighted by Gasteiger charge is -2.00. The maximum atomic E-state index is 5.86. The Morgan fingerprint density at radius 1 is 1.39 bits per heavy atom. The smallest absolute Gasteiger partial charge is 0.315 e. The van der Waals surface area contributed by atoms with Crippen molar-refractivity contribution in [1.82, 2.24) is 5.16 Å². The highest BCUT2D eigenvalue weighted by Crippen LogP contribution is 2.31. The quantitative estimate of drug-likeness (QED) is 0.802. The van der Waals surface area contributed by atoms with Gasteiger partial charge in [-0.3, -0.25) is 0 Å². The van der Waals surface area contributed by atoms with Crippen molar-refractivity contribution in [2.75, 3.05) is 7.11 Å². The lowest BCUT2D eigenvalue weighted by Crippen LogP contribution is -1.89. The molecule has 0 unspecified atom stereocenters. The van der Waals surface area contributed by atoms with Crippen molar-refractivity contribution < 1.29 is 9.26 Å². The van der Waals surface area contributed by atoms with Crippen molar-refractivity contribution in [3.05, 3.63) is 34.9 Å². The van der Waals surface area contributed by atoms with Gasteiger partial charge in [-0.2, -0.15) is 0 Å². The molecule has 2 rings (SSSR count). The highest BCUT2D eigenvalue weighted by molar-refractivity contribution is 9.12. The summed E-state index contributed by atoms with van der Waals surface area (Å²) in [6.07, 6.45) is 0.496. The first-order valence-corrected chi connectivity index (χ1v) is 6.30. The van der Waals surface area contributed by atoms with Gasteiger partial charge in [-0.05, 0) is 17.0 Å². The molecule has 0 radical (unpaired) electrons. The zero-order chi connectivity index (χ0) is 13.0. The number of rotatable bonds is 3. The second kappa shape index (κ2) is 5.94. The number of nitrogens with zero attached hydrogens (tertiary/aromatic N) is 1. The molecule has 0 bridgehead atoms. The molecule has 0 aliphatic heterocycles.